The van der Waals surface area contributed by atoms with Gasteiger partial charge in [-0.3, -0.25) is 0 Å². The van der Waals surface area contributed by atoms with E-state index in [1.54, 1.807) is 6.07 Å². The maximum atomic E-state index is 12.7. The maximum absolute atomic E-state index is 12.7. The van der Waals surface area contributed by atoms with Gasteiger partial charge in [-0.25, -0.2) is 8.42 Å². The van der Waals surface area contributed by atoms with Crippen molar-refractivity contribution in [3.8, 4) is 6.07 Å². The lowest BCUT2D eigenvalue weighted by molar-refractivity contribution is -0.137. The first-order valence-corrected chi connectivity index (χ1v) is 7.76. The van der Waals surface area contributed by atoms with Crippen LogP contribution >= 0.6 is 0 Å². The van der Waals surface area contributed by atoms with Gasteiger partial charge in [0, 0.05) is 0 Å². The number of nitriles is 1. The first kappa shape index (κ1) is 17.1. The lowest BCUT2D eigenvalue weighted by atomic mass is 10.2. The fourth-order valence-corrected chi connectivity index (χ4v) is 3.32. The van der Waals surface area contributed by atoms with Crippen LogP contribution in [0.4, 0.5) is 13.2 Å². The van der Waals surface area contributed by atoms with Crippen LogP contribution in [-0.4, -0.2) is 25.4 Å². The van der Waals surface area contributed by atoms with Crippen LogP contribution in [0.3, 0.4) is 0 Å². The molecule has 2 rings (SSSR count). The summed E-state index contributed by atoms with van der Waals surface area (Å²) in [6.07, 6.45) is -3.48. The van der Waals surface area contributed by atoms with Crippen LogP contribution in [-0.2, 0) is 16.6 Å². The molecule has 0 aliphatic heterocycles. The first-order valence-electron chi connectivity index (χ1n) is 6.32. The monoisotopic (exact) mass is 344 g/mol. The Morgan fingerprint density at radius 3 is 2.52 bits per heavy atom. The summed E-state index contributed by atoms with van der Waals surface area (Å²) >= 11 is 0. The minimum absolute atomic E-state index is 0.0380. The summed E-state index contributed by atoms with van der Waals surface area (Å²) in [5.41, 5.74) is 0.0380. The summed E-state index contributed by atoms with van der Waals surface area (Å²) in [4.78, 5) is -0.382. The molecule has 122 valence electrons. The fraction of sp³-hybridized carbons (Fsp3) is 0.214. The van der Waals surface area contributed by atoms with Gasteiger partial charge in [0.25, 0.3) is 0 Å². The zero-order valence-electron chi connectivity index (χ0n) is 11.6. The number of sulfonamides is 1. The predicted octanol–water partition coefficient (Wildman–Crippen LogP) is 2.90. The van der Waals surface area contributed by atoms with E-state index in [1.165, 1.54) is 30.5 Å². The average molecular weight is 344 g/mol. The third kappa shape index (κ3) is 4.34. The Hall–Kier alpha value is -2.31. The Morgan fingerprint density at radius 1 is 1.22 bits per heavy atom. The van der Waals surface area contributed by atoms with Crippen LogP contribution in [0.25, 0.3) is 0 Å². The van der Waals surface area contributed by atoms with Gasteiger partial charge in [0.05, 0.1) is 29.3 Å². The van der Waals surface area contributed by atoms with Crippen molar-refractivity contribution >= 4 is 10.0 Å². The molecule has 0 atom stereocenters. The molecule has 0 saturated heterocycles. The zero-order chi connectivity index (χ0) is 17.1. The summed E-state index contributed by atoms with van der Waals surface area (Å²) < 4.78 is 68.4. The standard InChI is InChI=1S/C14H11F3N2O3S/c15-14(16,17)10-19(9-12-4-2-6-22-12)23(20,21)13-5-1-3-11(7-13)8-18/h1-7H,9-10H2. The number of hydrogen-bond acceptors (Lipinski definition) is 4. The second kappa shape index (κ2) is 6.44. The second-order valence-electron chi connectivity index (χ2n) is 4.61. The van der Waals surface area contributed by atoms with Crippen molar-refractivity contribution in [2.75, 3.05) is 6.54 Å². The molecule has 9 heteroatoms. The Balaban J connectivity index is 2.41. The van der Waals surface area contributed by atoms with E-state index in [0.717, 1.165) is 12.1 Å². The van der Waals surface area contributed by atoms with Crippen molar-refractivity contribution in [1.29, 1.82) is 5.26 Å². The molecular weight excluding hydrogens is 333 g/mol. The predicted molar refractivity (Wildman–Crippen MR) is 73.5 cm³/mol. The highest BCUT2D eigenvalue weighted by Gasteiger charge is 2.37. The Morgan fingerprint density at radius 2 is 1.96 bits per heavy atom. The van der Waals surface area contributed by atoms with Gasteiger partial charge >= 0.3 is 6.18 Å². The highest BCUT2D eigenvalue weighted by molar-refractivity contribution is 7.89. The van der Waals surface area contributed by atoms with Crippen LogP contribution in [0.2, 0.25) is 0 Å². The number of halogens is 3. The number of hydrogen-bond donors (Lipinski definition) is 0. The van der Waals surface area contributed by atoms with Gasteiger partial charge < -0.3 is 4.42 Å². The minimum Gasteiger partial charge on any atom is -0.468 e. The molecule has 1 aromatic carbocycles. The van der Waals surface area contributed by atoms with E-state index in [2.05, 4.69) is 0 Å². The van der Waals surface area contributed by atoms with Crippen LogP contribution in [0.5, 0.6) is 0 Å². The zero-order valence-corrected chi connectivity index (χ0v) is 12.4. The Labute approximate surface area is 130 Å². The third-order valence-corrected chi connectivity index (χ3v) is 4.66. The molecule has 0 unspecified atom stereocenters. The van der Waals surface area contributed by atoms with E-state index >= 15 is 0 Å². The van der Waals surface area contributed by atoms with Crippen molar-refractivity contribution in [2.45, 2.75) is 17.6 Å². The lowest BCUT2D eigenvalue weighted by Crippen LogP contribution is -2.38. The molecule has 0 aliphatic carbocycles. The van der Waals surface area contributed by atoms with Crippen molar-refractivity contribution in [3.05, 3.63) is 54.0 Å². The van der Waals surface area contributed by atoms with E-state index in [-0.39, 0.29) is 20.5 Å². The fourth-order valence-electron chi connectivity index (χ4n) is 1.88. The van der Waals surface area contributed by atoms with Crippen LogP contribution in [0.1, 0.15) is 11.3 Å². The number of alkyl halides is 3. The van der Waals surface area contributed by atoms with E-state index < -0.39 is 29.3 Å². The van der Waals surface area contributed by atoms with Crippen LogP contribution < -0.4 is 0 Å². The molecule has 0 fully saturated rings. The summed E-state index contributed by atoms with van der Waals surface area (Å²) in [6.45, 7) is -2.22. The molecule has 5 nitrogen and oxygen atoms in total. The smallest absolute Gasteiger partial charge is 0.402 e. The van der Waals surface area contributed by atoms with Gasteiger partial charge in [0.1, 0.15) is 12.3 Å². The summed E-state index contributed by atoms with van der Waals surface area (Å²) in [6, 6.07) is 9.40. The maximum Gasteiger partial charge on any atom is 0.402 e. The summed E-state index contributed by atoms with van der Waals surface area (Å²) in [5, 5.41) is 8.81. The molecular formula is C14H11F3N2O3S. The number of furan rings is 1. The van der Waals surface area contributed by atoms with Crippen LogP contribution in [0.15, 0.2) is 52.0 Å². The van der Waals surface area contributed by atoms with Crippen LogP contribution in [0, 0.1) is 11.3 Å². The number of benzene rings is 1. The van der Waals surface area contributed by atoms with Crippen molar-refractivity contribution in [3.63, 3.8) is 0 Å². The normalized spacial score (nSPS) is 12.3. The van der Waals surface area contributed by atoms with E-state index in [9.17, 15) is 21.6 Å². The van der Waals surface area contributed by atoms with E-state index in [1.807, 2.05) is 0 Å². The SMILES string of the molecule is N#Cc1cccc(S(=O)(=O)N(Cc2ccco2)CC(F)(F)F)c1. The third-order valence-electron chi connectivity index (χ3n) is 2.87. The first-order chi connectivity index (χ1) is 10.7. The summed E-state index contributed by atoms with van der Waals surface area (Å²) in [7, 11) is -4.44. The van der Waals surface area contributed by atoms with Gasteiger partial charge in [-0.15, -0.1) is 0 Å². The molecule has 23 heavy (non-hydrogen) atoms. The molecule has 1 heterocycles. The molecule has 0 bridgehead atoms. The van der Waals surface area contributed by atoms with Gasteiger partial charge in [-0.05, 0) is 30.3 Å². The molecule has 2 aromatic rings. The Kier molecular flexibility index (Phi) is 4.77. The molecule has 0 saturated carbocycles. The molecule has 0 N–H and O–H groups in total. The Bertz CT molecular complexity index is 809. The minimum atomic E-state index is -4.72. The quantitative estimate of drug-likeness (QED) is 0.836. The van der Waals surface area contributed by atoms with E-state index in [4.69, 9.17) is 9.68 Å². The highest BCUT2D eigenvalue weighted by atomic mass is 32.2. The molecule has 0 amide bonds. The lowest BCUT2D eigenvalue weighted by Gasteiger charge is -2.22. The van der Waals surface area contributed by atoms with Gasteiger partial charge in [0.15, 0.2) is 0 Å². The molecule has 1 aromatic heterocycles. The molecule has 0 spiro atoms. The molecule has 0 radical (unpaired) electrons. The second-order valence-corrected chi connectivity index (χ2v) is 6.55. The van der Waals surface area contributed by atoms with Gasteiger partial charge in [0.2, 0.25) is 10.0 Å². The summed E-state index contributed by atoms with van der Waals surface area (Å²) in [5.74, 6) is 0.0780. The number of nitrogens with zero attached hydrogens (tertiary/aromatic N) is 2. The van der Waals surface area contributed by atoms with Crippen molar-refractivity contribution in [1.82, 2.24) is 4.31 Å². The average Bonchev–Trinajstić information content (AvgIpc) is 2.98. The highest BCUT2D eigenvalue weighted by Crippen LogP contribution is 2.25. The number of rotatable bonds is 5. The topological polar surface area (TPSA) is 74.3 Å². The van der Waals surface area contributed by atoms with Gasteiger partial charge in [-0.2, -0.15) is 22.7 Å². The van der Waals surface area contributed by atoms with Crippen molar-refractivity contribution in [2.24, 2.45) is 0 Å². The largest absolute Gasteiger partial charge is 0.468 e. The molecule has 0 aliphatic rings. The van der Waals surface area contributed by atoms with E-state index in [0.29, 0.717) is 0 Å². The van der Waals surface area contributed by atoms with Gasteiger partial charge in [-0.1, -0.05) is 6.07 Å². The van der Waals surface area contributed by atoms with Crippen molar-refractivity contribution < 1.29 is 26.0 Å².